The van der Waals surface area contributed by atoms with Gasteiger partial charge in [-0.1, -0.05) is 18.2 Å². The summed E-state index contributed by atoms with van der Waals surface area (Å²) in [5.41, 5.74) is 1.24. The summed E-state index contributed by atoms with van der Waals surface area (Å²) in [6, 6.07) is 10.4. The van der Waals surface area contributed by atoms with Crippen LogP contribution in [0.4, 0.5) is 5.69 Å². The molecule has 0 radical (unpaired) electrons. The predicted molar refractivity (Wildman–Crippen MR) is 92.5 cm³/mol. The molecule has 0 aromatic heterocycles. The predicted octanol–water partition coefficient (Wildman–Crippen LogP) is 1.54. The van der Waals surface area contributed by atoms with E-state index >= 15 is 0 Å². The van der Waals surface area contributed by atoms with E-state index in [0.717, 1.165) is 45.0 Å². The van der Waals surface area contributed by atoms with Crippen LogP contribution in [0.1, 0.15) is 19.8 Å². The van der Waals surface area contributed by atoms with E-state index in [1.807, 2.05) is 6.07 Å². The first-order valence-corrected chi connectivity index (χ1v) is 8.18. The maximum absolute atomic E-state index is 9.66. The second-order valence-corrected chi connectivity index (χ2v) is 5.73. The molecule has 5 nitrogen and oxygen atoms in total. The molecule has 1 saturated heterocycles. The Morgan fingerprint density at radius 1 is 1.41 bits per heavy atom. The van der Waals surface area contributed by atoms with Crippen LogP contribution in [0, 0.1) is 0 Å². The Morgan fingerprint density at radius 2 is 2.18 bits per heavy atom. The Labute approximate surface area is 133 Å². The lowest BCUT2D eigenvalue weighted by Gasteiger charge is -2.21. The number of anilines is 1. The SMILES string of the molecule is CCNC(=NCCCN(C)c1ccccc1)N1CC[C@@H](O)C1. The van der Waals surface area contributed by atoms with Crippen molar-refractivity contribution < 1.29 is 5.11 Å². The first-order valence-electron chi connectivity index (χ1n) is 8.18. The van der Waals surface area contributed by atoms with Crippen molar-refractivity contribution in [2.75, 3.05) is 44.7 Å². The fourth-order valence-electron chi connectivity index (χ4n) is 2.66. The first kappa shape index (κ1) is 16.6. The van der Waals surface area contributed by atoms with Gasteiger partial charge in [-0.25, -0.2) is 0 Å². The van der Waals surface area contributed by atoms with Crippen LogP contribution in [0.15, 0.2) is 35.3 Å². The summed E-state index contributed by atoms with van der Waals surface area (Å²) in [5, 5.41) is 13.0. The minimum Gasteiger partial charge on any atom is -0.391 e. The van der Waals surface area contributed by atoms with Gasteiger partial charge in [-0.15, -0.1) is 0 Å². The first-order chi connectivity index (χ1) is 10.7. The van der Waals surface area contributed by atoms with Crippen LogP contribution in [0.5, 0.6) is 0 Å². The van der Waals surface area contributed by atoms with Gasteiger partial charge in [0.05, 0.1) is 6.10 Å². The van der Waals surface area contributed by atoms with Gasteiger partial charge in [0.15, 0.2) is 5.96 Å². The number of para-hydroxylation sites is 1. The number of rotatable bonds is 6. The quantitative estimate of drug-likeness (QED) is 0.476. The molecule has 1 fully saturated rings. The minimum atomic E-state index is -0.215. The van der Waals surface area contributed by atoms with Crippen molar-refractivity contribution in [3.8, 4) is 0 Å². The third-order valence-corrected chi connectivity index (χ3v) is 3.91. The van der Waals surface area contributed by atoms with Crippen molar-refractivity contribution in [2.24, 2.45) is 4.99 Å². The smallest absolute Gasteiger partial charge is 0.194 e. The number of nitrogens with zero attached hydrogens (tertiary/aromatic N) is 3. The monoisotopic (exact) mass is 304 g/mol. The van der Waals surface area contributed by atoms with Gasteiger partial charge in [0.1, 0.15) is 0 Å². The van der Waals surface area contributed by atoms with E-state index in [-0.39, 0.29) is 6.10 Å². The number of hydrogen-bond donors (Lipinski definition) is 2. The Kier molecular flexibility index (Phi) is 6.52. The van der Waals surface area contributed by atoms with Crippen LogP contribution in [0.2, 0.25) is 0 Å². The summed E-state index contributed by atoms with van der Waals surface area (Å²) < 4.78 is 0. The molecule has 1 atom stereocenters. The number of aliphatic hydroxyl groups excluding tert-OH is 1. The maximum atomic E-state index is 9.66. The molecule has 1 heterocycles. The zero-order valence-corrected chi connectivity index (χ0v) is 13.7. The van der Waals surface area contributed by atoms with E-state index in [2.05, 4.69) is 58.3 Å². The molecule has 0 amide bonds. The van der Waals surface area contributed by atoms with Crippen molar-refractivity contribution in [2.45, 2.75) is 25.9 Å². The summed E-state index contributed by atoms with van der Waals surface area (Å²) in [6.07, 6.45) is 1.63. The highest BCUT2D eigenvalue weighted by Gasteiger charge is 2.22. The van der Waals surface area contributed by atoms with E-state index in [0.29, 0.717) is 6.54 Å². The molecule has 122 valence electrons. The van der Waals surface area contributed by atoms with E-state index in [4.69, 9.17) is 0 Å². The third kappa shape index (κ3) is 4.91. The Balaban J connectivity index is 1.79. The average molecular weight is 304 g/mol. The lowest BCUT2D eigenvalue weighted by molar-refractivity contribution is 0.188. The van der Waals surface area contributed by atoms with Gasteiger partial charge in [0.25, 0.3) is 0 Å². The van der Waals surface area contributed by atoms with Gasteiger partial charge in [-0.05, 0) is 31.9 Å². The zero-order valence-electron chi connectivity index (χ0n) is 13.7. The fraction of sp³-hybridized carbons (Fsp3) is 0.588. The minimum absolute atomic E-state index is 0.215. The Morgan fingerprint density at radius 3 is 2.82 bits per heavy atom. The second-order valence-electron chi connectivity index (χ2n) is 5.73. The second kappa shape index (κ2) is 8.63. The standard InChI is InChI=1S/C17H28N4O/c1-3-18-17(21-13-10-16(22)14-21)19-11-7-12-20(2)15-8-5-4-6-9-15/h4-6,8-9,16,22H,3,7,10-14H2,1-2H3,(H,18,19)/t16-/m1/s1. The molecule has 0 bridgehead atoms. The van der Waals surface area contributed by atoms with E-state index in [1.165, 1.54) is 5.69 Å². The van der Waals surface area contributed by atoms with Crippen molar-refractivity contribution >= 4 is 11.6 Å². The van der Waals surface area contributed by atoms with Gasteiger partial charge < -0.3 is 20.2 Å². The summed E-state index contributed by atoms with van der Waals surface area (Å²) in [4.78, 5) is 9.09. The summed E-state index contributed by atoms with van der Waals surface area (Å²) in [5.74, 6) is 0.932. The van der Waals surface area contributed by atoms with E-state index < -0.39 is 0 Å². The van der Waals surface area contributed by atoms with E-state index in [1.54, 1.807) is 0 Å². The summed E-state index contributed by atoms with van der Waals surface area (Å²) in [6.45, 7) is 6.29. The molecule has 0 saturated carbocycles. The largest absolute Gasteiger partial charge is 0.391 e. The molecular formula is C17H28N4O. The maximum Gasteiger partial charge on any atom is 0.194 e. The lowest BCUT2D eigenvalue weighted by Crippen LogP contribution is -2.40. The lowest BCUT2D eigenvalue weighted by atomic mass is 10.3. The van der Waals surface area contributed by atoms with Crippen LogP contribution in [0.25, 0.3) is 0 Å². The highest BCUT2D eigenvalue weighted by atomic mass is 16.3. The molecule has 0 spiro atoms. The molecule has 2 N–H and O–H groups in total. The van der Waals surface area contributed by atoms with Crippen molar-refractivity contribution in [1.82, 2.24) is 10.2 Å². The summed E-state index contributed by atoms with van der Waals surface area (Å²) >= 11 is 0. The normalized spacial score (nSPS) is 18.6. The topological polar surface area (TPSA) is 51.1 Å². The molecule has 1 aromatic carbocycles. The van der Waals surface area contributed by atoms with Gasteiger partial charge in [-0.2, -0.15) is 0 Å². The van der Waals surface area contributed by atoms with Gasteiger partial charge in [0.2, 0.25) is 0 Å². The number of β-amino-alcohol motifs (C(OH)–C–C–N with tert-alkyl or cyclic N) is 1. The molecule has 22 heavy (non-hydrogen) atoms. The number of aliphatic imine (C=N–C) groups is 1. The molecule has 0 unspecified atom stereocenters. The molecule has 5 heteroatoms. The Bertz CT molecular complexity index is 463. The molecule has 1 aromatic rings. The number of nitrogens with one attached hydrogen (secondary N) is 1. The van der Waals surface area contributed by atoms with Crippen LogP contribution in [-0.4, -0.2) is 61.8 Å². The number of hydrogen-bond acceptors (Lipinski definition) is 3. The van der Waals surface area contributed by atoms with Gasteiger partial charge in [-0.3, -0.25) is 4.99 Å². The molecule has 1 aliphatic heterocycles. The Hall–Kier alpha value is -1.75. The average Bonchev–Trinajstić information content (AvgIpc) is 2.97. The van der Waals surface area contributed by atoms with E-state index in [9.17, 15) is 5.11 Å². The number of likely N-dealkylation sites (tertiary alicyclic amines) is 1. The van der Waals surface area contributed by atoms with Crippen molar-refractivity contribution in [3.63, 3.8) is 0 Å². The zero-order chi connectivity index (χ0) is 15.8. The van der Waals surface area contributed by atoms with Crippen LogP contribution < -0.4 is 10.2 Å². The van der Waals surface area contributed by atoms with Gasteiger partial charge in [0, 0.05) is 45.5 Å². The molecule has 0 aliphatic carbocycles. The highest BCUT2D eigenvalue weighted by Crippen LogP contribution is 2.11. The fourth-order valence-corrected chi connectivity index (χ4v) is 2.66. The van der Waals surface area contributed by atoms with Gasteiger partial charge >= 0.3 is 0 Å². The number of benzene rings is 1. The highest BCUT2D eigenvalue weighted by molar-refractivity contribution is 5.80. The number of guanidine groups is 1. The van der Waals surface area contributed by atoms with Crippen LogP contribution in [-0.2, 0) is 0 Å². The third-order valence-electron chi connectivity index (χ3n) is 3.91. The van der Waals surface area contributed by atoms with Crippen molar-refractivity contribution in [1.29, 1.82) is 0 Å². The van der Waals surface area contributed by atoms with Crippen LogP contribution in [0.3, 0.4) is 0 Å². The van der Waals surface area contributed by atoms with Crippen molar-refractivity contribution in [3.05, 3.63) is 30.3 Å². The molecule has 2 rings (SSSR count). The molecular weight excluding hydrogens is 276 g/mol. The number of aliphatic hydroxyl groups is 1. The van der Waals surface area contributed by atoms with Crippen LogP contribution >= 0.6 is 0 Å². The molecule has 1 aliphatic rings. The summed E-state index contributed by atoms with van der Waals surface area (Å²) in [7, 11) is 2.11.